The van der Waals surface area contributed by atoms with E-state index in [0.717, 1.165) is 29.6 Å². The van der Waals surface area contributed by atoms with Gasteiger partial charge in [0.1, 0.15) is 12.9 Å². The molecule has 1 aromatic heterocycles. The van der Waals surface area contributed by atoms with E-state index in [4.69, 9.17) is 4.84 Å². The Balaban J connectivity index is 2.18. The highest BCUT2D eigenvalue weighted by Gasteiger charge is 2.04. The highest BCUT2D eigenvalue weighted by molar-refractivity contribution is 6.13. The number of nitrogens with zero attached hydrogens (tertiary/aromatic N) is 3. The Morgan fingerprint density at radius 1 is 1.43 bits per heavy atom. The van der Waals surface area contributed by atoms with Gasteiger partial charge in [-0.15, -0.1) is 0 Å². The fourth-order valence-corrected chi connectivity index (χ4v) is 1.80. The summed E-state index contributed by atoms with van der Waals surface area (Å²) in [5.41, 5.74) is 2.40. The third-order valence-electron chi connectivity index (χ3n) is 2.80. The minimum absolute atomic E-state index is 0.513. The Hall–Kier alpha value is -2.45. The minimum atomic E-state index is 0.513. The Morgan fingerprint density at radius 2 is 2.33 bits per heavy atom. The zero-order valence-corrected chi connectivity index (χ0v) is 12.3. The summed E-state index contributed by atoms with van der Waals surface area (Å²) >= 11 is 0. The Kier molecular flexibility index (Phi) is 5.68. The second kappa shape index (κ2) is 7.98. The summed E-state index contributed by atoms with van der Waals surface area (Å²) in [6.45, 7) is 6.02. The largest absolute Gasteiger partial charge is 0.393 e. The maximum Gasteiger partial charge on any atom is 0.159 e. The first-order valence-corrected chi connectivity index (χ1v) is 6.88. The quantitative estimate of drug-likeness (QED) is 0.381. The van der Waals surface area contributed by atoms with Crippen molar-refractivity contribution in [2.24, 2.45) is 5.16 Å². The molecule has 108 valence electrons. The molecule has 0 spiro atoms. The van der Waals surface area contributed by atoms with E-state index in [1.165, 1.54) is 6.33 Å². The summed E-state index contributed by atoms with van der Waals surface area (Å²) < 4.78 is 0. The number of benzene rings is 1. The fraction of sp³-hybridized carbons (Fsp3) is 0.312. The number of fused-ring (bicyclic) bond motifs is 1. The van der Waals surface area contributed by atoms with Gasteiger partial charge >= 0.3 is 0 Å². The van der Waals surface area contributed by atoms with Gasteiger partial charge in [-0.3, -0.25) is 0 Å². The van der Waals surface area contributed by atoms with Crippen molar-refractivity contribution >= 4 is 16.6 Å². The van der Waals surface area contributed by atoms with Gasteiger partial charge in [-0.05, 0) is 37.6 Å². The highest BCUT2D eigenvalue weighted by atomic mass is 16.6. The van der Waals surface area contributed by atoms with E-state index >= 15 is 0 Å². The van der Waals surface area contributed by atoms with E-state index in [0.29, 0.717) is 12.3 Å². The summed E-state index contributed by atoms with van der Waals surface area (Å²) in [6.07, 6.45) is 3.31. The van der Waals surface area contributed by atoms with Crippen molar-refractivity contribution in [2.75, 3.05) is 19.7 Å². The zero-order chi connectivity index (χ0) is 14.9. The number of likely N-dealkylation sites (N-methyl/N-ethyl adjacent to an activating group) is 1. The van der Waals surface area contributed by atoms with Crippen LogP contribution in [0.15, 0.2) is 35.9 Å². The van der Waals surface area contributed by atoms with Crippen LogP contribution in [-0.4, -0.2) is 35.4 Å². The van der Waals surface area contributed by atoms with Crippen molar-refractivity contribution in [3.8, 4) is 11.8 Å². The molecule has 0 bridgehead atoms. The Bertz CT molecular complexity index is 685. The van der Waals surface area contributed by atoms with E-state index in [-0.39, 0.29) is 0 Å². The number of oxime groups is 1. The highest BCUT2D eigenvalue weighted by Crippen LogP contribution is 2.13. The number of rotatable bonds is 6. The van der Waals surface area contributed by atoms with Crippen LogP contribution in [0.3, 0.4) is 0 Å². The van der Waals surface area contributed by atoms with E-state index in [1.54, 1.807) is 13.1 Å². The third-order valence-corrected chi connectivity index (χ3v) is 2.80. The molecule has 5 heteroatoms. The van der Waals surface area contributed by atoms with Crippen LogP contribution < -0.4 is 5.32 Å². The lowest BCUT2D eigenvalue weighted by Crippen LogP contribution is -2.18. The number of hydrogen-bond acceptors (Lipinski definition) is 5. The van der Waals surface area contributed by atoms with Crippen LogP contribution in [0.4, 0.5) is 0 Å². The molecule has 1 aromatic carbocycles. The topological polar surface area (TPSA) is 59.4 Å². The van der Waals surface area contributed by atoms with Gasteiger partial charge in [0.15, 0.2) is 5.71 Å². The molecule has 0 saturated carbocycles. The average Bonchev–Trinajstić information content (AvgIpc) is 2.53. The molecule has 2 rings (SSSR count). The summed E-state index contributed by atoms with van der Waals surface area (Å²) in [5, 5.41) is 8.25. The lowest BCUT2D eigenvalue weighted by atomic mass is 10.1. The van der Waals surface area contributed by atoms with Crippen molar-refractivity contribution in [1.82, 2.24) is 15.3 Å². The van der Waals surface area contributed by atoms with Gasteiger partial charge in [0.2, 0.25) is 0 Å². The van der Waals surface area contributed by atoms with Gasteiger partial charge in [-0.2, -0.15) is 0 Å². The molecule has 1 N–H and O–H groups in total. The van der Waals surface area contributed by atoms with Crippen LogP contribution in [0.1, 0.15) is 19.4 Å². The summed E-state index contributed by atoms with van der Waals surface area (Å²) in [5.74, 6) is 5.83. The molecular weight excluding hydrogens is 264 g/mol. The van der Waals surface area contributed by atoms with Crippen LogP contribution >= 0.6 is 0 Å². The van der Waals surface area contributed by atoms with Crippen molar-refractivity contribution in [2.45, 2.75) is 13.8 Å². The average molecular weight is 282 g/mol. The van der Waals surface area contributed by atoms with E-state index in [1.807, 2.05) is 18.2 Å². The van der Waals surface area contributed by atoms with Crippen molar-refractivity contribution in [1.29, 1.82) is 0 Å². The van der Waals surface area contributed by atoms with Gasteiger partial charge in [0.25, 0.3) is 0 Å². The van der Waals surface area contributed by atoms with Crippen LogP contribution in [0.5, 0.6) is 0 Å². The Labute approximate surface area is 124 Å². The molecule has 0 saturated heterocycles. The van der Waals surface area contributed by atoms with E-state index in [2.05, 4.69) is 39.2 Å². The normalized spacial score (nSPS) is 11.0. The molecule has 0 radical (unpaired) electrons. The lowest BCUT2D eigenvalue weighted by Gasteiger charge is -2.03. The molecule has 0 amide bonds. The van der Waals surface area contributed by atoms with Gasteiger partial charge in [0, 0.05) is 23.7 Å². The molecule has 21 heavy (non-hydrogen) atoms. The summed E-state index contributed by atoms with van der Waals surface area (Å²) in [7, 11) is 0. The third kappa shape index (κ3) is 4.26. The SMILES string of the molecule is CC#CC(=NOCCNCC)c1ccc2ncncc2c1. The van der Waals surface area contributed by atoms with Crippen LogP contribution in [-0.2, 0) is 4.84 Å². The molecule has 0 fully saturated rings. The van der Waals surface area contributed by atoms with Gasteiger partial charge in [-0.25, -0.2) is 9.97 Å². The Morgan fingerprint density at radius 3 is 3.14 bits per heavy atom. The molecule has 5 nitrogen and oxygen atoms in total. The van der Waals surface area contributed by atoms with Gasteiger partial charge in [-0.1, -0.05) is 18.0 Å². The smallest absolute Gasteiger partial charge is 0.159 e. The second-order valence-electron chi connectivity index (χ2n) is 4.30. The molecule has 2 aromatic rings. The van der Waals surface area contributed by atoms with Gasteiger partial charge in [0.05, 0.1) is 5.52 Å². The molecular formula is C16H18N4O. The zero-order valence-electron chi connectivity index (χ0n) is 12.3. The maximum atomic E-state index is 5.31. The molecule has 1 heterocycles. The summed E-state index contributed by atoms with van der Waals surface area (Å²) in [6, 6.07) is 5.83. The first-order valence-electron chi connectivity index (χ1n) is 6.88. The van der Waals surface area contributed by atoms with E-state index in [9.17, 15) is 0 Å². The molecule has 0 aliphatic carbocycles. The molecule has 0 unspecified atom stereocenters. The monoisotopic (exact) mass is 282 g/mol. The van der Waals surface area contributed by atoms with Crippen molar-refractivity contribution in [3.63, 3.8) is 0 Å². The van der Waals surface area contributed by atoms with Gasteiger partial charge < -0.3 is 10.2 Å². The minimum Gasteiger partial charge on any atom is -0.393 e. The number of aromatic nitrogens is 2. The van der Waals surface area contributed by atoms with Crippen LogP contribution in [0.2, 0.25) is 0 Å². The predicted molar refractivity (Wildman–Crippen MR) is 84.0 cm³/mol. The van der Waals surface area contributed by atoms with Crippen LogP contribution in [0.25, 0.3) is 10.9 Å². The first-order chi connectivity index (χ1) is 10.3. The molecule has 0 aliphatic rings. The second-order valence-corrected chi connectivity index (χ2v) is 4.30. The maximum absolute atomic E-state index is 5.31. The van der Waals surface area contributed by atoms with Crippen LogP contribution in [0, 0.1) is 11.8 Å². The van der Waals surface area contributed by atoms with Crippen molar-refractivity contribution < 1.29 is 4.84 Å². The standard InChI is InChI=1S/C16H18N4O/c1-3-5-16(20-21-9-8-17-4-2)13-6-7-15-14(10-13)11-18-12-19-15/h6-7,10-12,17H,4,8-9H2,1-2H3. The van der Waals surface area contributed by atoms with Crippen molar-refractivity contribution in [3.05, 3.63) is 36.3 Å². The lowest BCUT2D eigenvalue weighted by molar-refractivity contribution is 0.147. The first kappa shape index (κ1) is 14.9. The number of hydrogen-bond donors (Lipinski definition) is 1. The molecule has 0 atom stereocenters. The number of nitrogens with one attached hydrogen (secondary N) is 1. The fourth-order valence-electron chi connectivity index (χ4n) is 1.80. The molecule has 0 aliphatic heterocycles. The predicted octanol–water partition coefficient (Wildman–Crippen LogP) is 1.98. The summed E-state index contributed by atoms with van der Waals surface area (Å²) in [4.78, 5) is 13.5. The van der Waals surface area contributed by atoms with E-state index < -0.39 is 0 Å².